The van der Waals surface area contributed by atoms with Crippen LogP contribution in [0.25, 0.3) is 0 Å². The SMILES string of the molecule is COc1ccc(C[C@@H]2NC(=O)c3ccc(OC)c(c3)CCCNC(=O)CN(C(=O)Cn3nc(C)ccc3=O)C[C@H](CC(C)C)NC2=O)cc1. The van der Waals surface area contributed by atoms with Crippen molar-refractivity contribution in [2.75, 3.05) is 33.9 Å². The normalized spacial score (nSPS) is 17.8. The molecule has 3 aromatic rings. The highest BCUT2D eigenvalue weighted by Gasteiger charge is 2.28. The van der Waals surface area contributed by atoms with Gasteiger partial charge in [-0.05, 0) is 79.6 Å². The maximum Gasteiger partial charge on any atom is 0.267 e. The van der Waals surface area contributed by atoms with Crippen LogP contribution in [0.1, 0.15) is 53.9 Å². The second-order valence-corrected chi connectivity index (χ2v) is 12.6. The van der Waals surface area contributed by atoms with Gasteiger partial charge in [-0.15, -0.1) is 0 Å². The lowest BCUT2D eigenvalue weighted by molar-refractivity contribution is -0.137. The molecule has 0 aliphatic carbocycles. The summed E-state index contributed by atoms with van der Waals surface area (Å²) in [5.74, 6) is -0.386. The minimum absolute atomic E-state index is 0.00207. The Kier molecular flexibility index (Phi) is 12.9. The Hall–Kier alpha value is -5.20. The highest BCUT2D eigenvalue weighted by Crippen LogP contribution is 2.22. The highest BCUT2D eigenvalue weighted by molar-refractivity contribution is 5.98. The quantitative estimate of drug-likeness (QED) is 0.327. The zero-order valence-electron chi connectivity index (χ0n) is 28.8. The number of ether oxygens (including phenoxy) is 2. The molecule has 2 heterocycles. The van der Waals surface area contributed by atoms with Crippen LogP contribution < -0.4 is 31.0 Å². The summed E-state index contributed by atoms with van der Waals surface area (Å²) >= 11 is 0. The Morgan fingerprint density at radius 1 is 0.980 bits per heavy atom. The van der Waals surface area contributed by atoms with Crippen LogP contribution in [0.5, 0.6) is 11.5 Å². The summed E-state index contributed by atoms with van der Waals surface area (Å²) in [5.41, 5.74) is 2.05. The van der Waals surface area contributed by atoms with E-state index >= 15 is 0 Å². The van der Waals surface area contributed by atoms with Crippen molar-refractivity contribution in [2.45, 2.75) is 65.1 Å². The van der Waals surface area contributed by atoms with E-state index in [9.17, 15) is 24.0 Å². The first-order valence-electron chi connectivity index (χ1n) is 16.5. The molecule has 262 valence electrons. The predicted molar refractivity (Wildman–Crippen MR) is 183 cm³/mol. The Morgan fingerprint density at radius 2 is 1.73 bits per heavy atom. The number of aryl methyl sites for hydroxylation is 2. The van der Waals surface area contributed by atoms with Crippen molar-refractivity contribution >= 4 is 23.6 Å². The molecule has 49 heavy (non-hydrogen) atoms. The van der Waals surface area contributed by atoms with E-state index in [1.807, 2.05) is 26.0 Å². The molecule has 2 atom stereocenters. The van der Waals surface area contributed by atoms with Crippen molar-refractivity contribution in [2.24, 2.45) is 5.92 Å². The average molecular weight is 675 g/mol. The number of carbonyl (C=O) groups excluding carboxylic acids is 4. The molecule has 3 N–H and O–H groups in total. The van der Waals surface area contributed by atoms with Crippen molar-refractivity contribution in [3.63, 3.8) is 0 Å². The van der Waals surface area contributed by atoms with Gasteiger partial charge in [-0.2, -0.15) is 5.10 Å². The van der Waals surface area contributed by atoms with Crippen LogP contribution in [-0.2, 0) is 33.8 Å². The van der Waals surface area contributed by atoms with Crippen molar-refractivity contribution in [1.29, 1.82) is 0 Å². The van der Waals surface area contributed by atoms with E-state index in [1.165, 1.54) is 11.0 Å². The van der Waals surface area contributed by atoms with E-state index in [1.54, 1.807) is 57.5 Å². The maximum absolute atomic E-state index is 14.1. The summed E-state index contributed by atoms with van der Waals surface area (Å²) < 4.78 is 11.9. The van der Waals surface area contributed by atoms with Crippen molar-refractivity contribution < 1.29 is 28.7 Å². The number of aromatic nitrogens is 2. The first-order valence-corrected chi connectivity index (χ1v) is 16.5. The third-order valence-electron chi connectivity index (χ3n) is 8.22. The number of rotatable bonds is 8. The van der Waals surface area contributed by atoms with Crippen molar-refractivity contribution in [3.8, 4) is 11.5 Å². The Balaban J connectivity index is 1.69. The molecule has 0 saturated carbocycles. The van der Waals surface area contributed by atoms with Gasteiger partial charge in [0.15, 0.2) is 0 Å². The fraction of sp³-hybridized carbons (Fsp3) is 0.444. The van der Waals surface area contributed by atoms with Gasteiger partial charge in [0.05, 0.1) is 26.5 Å². The lowest BCUT2D eigenvalue weighted by Crippen LogP contribution is -2.55. The summed E-state index contributed by atoms with van der Waals surface area (Å²) in [7, 11) is 3.11. The van der Waals surface area contributed by atoms with E-state index < -0.39 is 35.4 Å². The largest absolute Gasteiger partial charge is 0.497 e. The molecule has 0 unspecified atom stereocenters. The molecule has 1 aliphatic rings. The van der Waals surface area contributed by atoms with Gasteiger partial charge in [-0.1, -0.05) is 26.0 Å². The maximum atomic E-state index is 14.1. The number of carbonyl (C=O) groups is 4. The number of hydrogen-bond donors (Lipinski definition) is 3. The van der Waals surface area contributed by atoms with Gasteiger partial charge in [0.25, 0.3) is 11.5 Å². The van der Waals surface area contributed by atoms with Crippen LogP contribution in [0, 0.1) is 12.8 Å². The second-order valence-electron chi connectivity index (χ2n) is 12.6. The van der Waals surface area contributed by atoms with Crippen molar-refractivity contribution in [1.82, 2.24) is 30.6 Å². The zero-order valence-corrected chi connectivity index (χ0v) is 28.8. The molecule has 4 amide bonds. The van der Waals surface area contributed by atoms with E-state index in [2.05, 4.69) is 21.0 Å². The number of amides is 4. The van der Waals surface area contributed by atoms with E-state index in [-0.39, 0.29) is 37.9 Å². The minimum atomic E-state index is -0.973. The van der Waals surface area contributed by atoms with Crippen LogP contribution in [0.15, 0.2) is 59.4 Å². The van der Waals surface area contributed by atoms with Gasteiger partial charge in [0.2, 0.25) is 17.7 Å². The molecule has 0 saturated heterocycles. The average Bonchev–Trinajstić information content (AvgIpc) is 3.07. The minimum Gasteiger partial charge on any atom is -0.497 e. The van der Waals surface area contributed by atoms with E-state index in [0.29, 0.717) is 48.6 Å². The third kappa shape index (κ3) is 10.6. The van der Waals surface area contributed by atoms with Crippen LogP contribution in [0.3, 0.4) is 0 Å². The Labute approximate surface area is 286 Å². The molecule has 4 rings (SSSR count). The smallest absolute Gasteiger partial charge is 0.267 e. The molecule has 13 heteroatoms. The predicted octanol–water partition coefficient (Wildman–Crippen LogP) is 2.03. The highest BCUT2D eigenvalue weighted by atomic mass is 16.5. The number of nitrogens with zero attached hydrogens (tertiary/aromatic N) is 3. The standard InChI is InChI=1S/C36H46N6O7/c1-23(2)17-28-20-41(34(45)22-42-33(44)15-8-24(3)40-42)21-32(43)37-16-6-7-26-19-27(11-14-31(26)49-5)35(46)39-30(36(47)38-28)18-25-9-12-29(48-4)13-10-25/h8-15,19,23,28,30H,6-7,16-18,20-22H2,1-5H3,(H,37,43)(H,38,47)(H,39,46)/t28-,30-/m0/s1. The Morgan fingerprint density at radius 3 is 2.43 bits per heavy atom. The van der Waals surface area contributed by atoms with Gasteiger partial charge in [0.1, 0.15) is 24.1 Å². The molecule has 1 aromatic heterocycles. The van der Waals surface area contributed by atoms with Gasteiger partial charge in [-0.25, -0.2) is 4.68 Å². The fourth-order valence-electron chi connectivity index (χ4n) is 5.76. The first-order chi connectivity index (χ1) is 23.4. The summed E-state index contributed by atoms with van der Waals surface area (Å²) in [4.78, 5) is 68.4. The summed E-state index contributed by atoms with van der Waals surface area (Å²) in [6, 6.07) is 13.7. The fourth-order valence-corrected chi connectivity index (χ4v) is 5.76. The van der Waals surface area contributed by atoms with Crippen molar-refractivity contribution in [3.05, 3.63) is 87.3 Å². The molecule has 0 fully saturated rings. The number of nitrogens with one attached hydrogen (secondary N) is 3. The van der Waals surface area contributed by atoms with Gasteiger partial charge in [0, 0.05) is 37.2 Å². The monoisotopic (exact) mass is 674 g/mol. The molecule has 0 radical (unpaired) electrons. The Bertz CT molecular complexity index is 1690. The zero-order chi connectivity index (χ0) is 35.5. The van der Waals surface area contributed by atoms with Crippen LogP contribution in [-0.4, -0.2) is 84.2 Å². The lowest BCUT2D eigenvalue weighted by Gasteiger charge is -2.30. The molecular formula is C36H46N6O7. The summed E-state index contributed by atoms with van der Waals surface area (Å²) in [6.45, 7) is 5.34. The number of benzene rings is 2. The van der Waals surface area contributed by atoms with Gasteiger partial charge < -0.3 is 30.3 Å². The number of fused-ring (bicyclic) bond motifs is 2. The second kappa shape index (κ2) is 17.3. The van der Waals surface area contributed by atoms with Crippen LogP contribution in [0.4, 0.5) is 0 Å². The van der Waals surface area contributed by atoms with Gasteiger partial charge in [-0.3, -0.25) is 24.0 Å². The molecule has 0 spiro atoms. The topological polar surface area (TPSA) is 161 Å². The summed E-state index contributed by atoms with van der Waals surface area (Å²) in [6.07, 6.45) is 1.71. The van der Waals surface area contributed by atoms with Gasteiger partial charge >= 0.3 is 0 Å². The lowest BCUT2D eigenvalue weighted by atomic mass is 10.0. The molecule has 1 aliphatic heterocycles. The van der Waals surface area contributed by atoms with E-state index in [0.717, 1.165) is 15.8 Å². The number of hydrogen-bond acceptors (Lipinski definition) is 8. The molecule has 2 aromatic carbocycles. The molecule has 13 nitrogen and oxygen atoms in total. The first kappa shape index (κ1) is 36.6. The van der Waals surface area contributed by atoms with Crippen LogP contribution >= 0.6 is 0 Å². The van der Waals surface area contributed by atoms with E-state index in [4.69, 9.17) is 9.47 Å². The number of methoxy groups -OCH3 is 2. The summed E-state index contributed by atoms with van der Waals surface area (Å²) in [5, 5.41) is 13.0. The third-order valence-corrected chi connectivity index (χ3v) is 8.22. The molecule has 2 bridgehead atoms. The molecular weight excluding hydrogens is 628 g/mol. The van der Waals surface area contributed by atoms with Crippen LogP contribution in [0.2, 0.25) is 0 Å².